The van der Waals surface area contributed by atoms with Gasteiger partial charge in [-0.2, -0.15) is 0 Å². The van der Waals surface area contributed by atoms with Crippen molar-refractivity contribution in [1.82, 2.24) is 9.88 Å². The molecular formula is C18H21N3O3. The van der Waals surface area contributed by atoms with Crippen LogP contribution in [-0.2, 0) is 0 Å². The first-order valence-corrected chi connectivity index (χ1v) is 8.03. The maximum absolute atomic E-state index is 12.2. The molecule has 0 bridgehead atoms. The van der Waals surface area contributed by atoms with E-state index in [1.165, 1.54) is 0 Å². The number of ether oxygens (including phenoxy) is 2. The first-order valence-electron chi connectivity index (χ1n) is 8.03. The molecule has 24 heavy (non-hydrogen) atoms. The van der Waals surface area contributed by atoms with E-state index in [4.69, 9.17) is 9.47 Å². The van der Waals surface area contributed by atoms with E-state index < -0.39 is 0 Å². The molecule has 1 fully saturated rings. The molecule has 2 aromatic rings. The Labute approximate surface area is 141 Å². The van der Waals surface area contributed by atoms with Gasteiger partial charge in [-0.15, -0.1) is 0 Å². The lowest BCUT2D eigenvalue weighted by Crippen LogP contribution is -2.57. The van der Waals surface area contributed by atoms with E-state index in [-0.39, 0.29) is 12.1 Å². The van der Waals surface area contributed by atoms with Crippen molar-refractivity contribution in [2.45, 2.75) is 20.0 Å². The van der Waals surface area contributed by atoms with Crippen molar-refractivity contribution in [1.29, 1.82) is 0 Å². The molecule has 6 heteroatoms. The number of aryl methyl sites for hydroxylation is 1. The monoisotopic (exact) mass is 327 g/mol. The van der Waals surface area contributed by atoms with Gasteiger partial charge in [-0.05, 0) is 44.2 Å². The number of anilines is 1. The van der Waals surface area contributed by atoms with Crippen LogP contribution in [0.3, 0.4) is 0 Å². The van der Waals surface area contributed by atoms with Crippen LogP contribution in [0.25, 0.3) is 0 Å². The van der Waals surface area contributed by atoms with Crippen molar-refractivity contribution in [3.8, 4) is 11.6 Å². The molecule has 1 aromatic heterocycles. The summed E-state index contributed by atoms with van der Waals surface area (Å²) in [5.41, 5.74) is 1.66. The van der Waals surface area contributed by atoms with Crippen LogP contribution in [0.4, 0.5) is 10.5 Å². The summed E-state index contributed by atoms with van der Waals surface area (Å²) in [6.45, 7) is 5.59. The number of carbonyl (C=O) groups is 1. The largest absolute Gasteiger partial charge is 0.494 e. The van der Waals surface area contributed by atoms with Gasteiger partial charge in [0.2, 0.25) is 5.88 Å². The summed E-state index contributed by atoms with van der Waals surface area (Å²) in [5, 5.41) is 2.87. The van der Waals surface area contributed by atoms with E-state index in [9.17, 15) is 4.79 Å². The first kappa shape index (κ1) is 16.1. The zero-order valence-electron chi connectivity index (χ0n) is 13.9. The summed E-state index contributed by atoms with van der Waals surface area (Å²) in [6.07, 6.45) is -0.00891. The van der Waals surface area contributed by atoms with Crippen molar-refractivity contribution in [3.63, 3.8) is 0 Å². The van der Waals surface area contributed by atoms with Crippen molar-refractivity contribution < 1.29 is 14.3 Å². The number of amides is 2. The second-order valence-corrected chi connectivity index (χ2v) is 5.65. The van der Waals surface area contributed by atoms with Crippen molar-refractivity contribution in [2.24, 2.45) is 0 Å². The lowest BCUT2D eigenvalue weighted by Gasteiger charge is -2.38. The highest BCUT2D eigenvalue weighted by Gasteiger charge is 2.32. The Morgan fingerprint density at radius 3 is 2.67 bits per heavy atom. The van der Waals surface area contributed by atoms with Crippen LogP contribution in [0, 0.1) is 6.92 Å². The topological polar surface area (TPSA) is 63.7 Å². The highest BCUT2D eigenvalue weighted by atomic mass is 16.5. The summed E-state index contributed by atoms with van der Waals surface area (Å²) < 4.78 is 11.1. The third-order valence-electron chi connectivity index (χ3n) is 3.70. The maximum Gasteiger partial charge on any atom is 0.322 e. The molecule has 0 radical (unpaired) electrons. The van der Waals surface area contributed by atoms with Crippen LogP contribution in [-0.4, -0.2) is 41.7 Å². The number of rotatable bonds is 5. The Bertz CT molecular complexity index is 697. The Morgan fingerprint density at radius 1 is 1.25 bits per heavy atom. The lowest BCUT2D eigenvalue weighted by molar-refractivity contribution is 0.0460. The molecule has 6 nitrogen and oxygen atoms in total. The molecule has 1 aromatic carbocycles. The molecule has 2 heterocycles. The summed E-state index contributed by atoms with van der Waals surface area (Å²) in [5.74, 6) is 1.39. The van der Waals surface area contributed by atoms with E-state index in [2.05, 4.69) is 10.3 Å². The fraction of sp³-hybridized carbons (Fsp3) is 0.333. The van der Waals surface area contributed by atoms with E-state index in [0.717, 1.165) is 17.1 Å². The minimum atomic E-state index is -0.129. The summed E-state index contributed by atoms with van der Waals surface area (Å²) in [7, 11) is 0. The summed E-state index contributed by atoms with van der Waals surface area (Å²) in [6, 6.07) is 12.9. The number of urea groups is 1. The van der Waals surface area contributed by atoms with Crippen molar-refractivity contribution in [3.05, 3.63) is 48.2 Å². The molecule has 0 aliphatic carbocycles. The van der Waals surface area contributed by atoms with Crippen LogP contribution >= 0.6 is 0 Å². The first-order chi connectivity index (χ1) is 11.6. The van der Waals surface area contributed by atoms with Crippen molar-refractivity contribution >= 4 is 11.7 Å². The zero-order chi connectivity index (χ0) is 16.9. The zero-order valence-corrected chi connectivity index (χ0v) is 13.9. The highest BCUT2D eigenvalue weighted by Crippen LogP contribution is 2.19. The number of pyridine rings is 1. The van der Waals surface area contributed by atoms with Gasteiger partial charge < -0.3 is 19.7 Å². The number of carbonyl (C=O) groups excluding carboxylic acids is 1. The molecule has 1 N–H and O–H groups in total. The molecule has 1 saturated heterocycles. The minimum absolute atomic E-state index is 0.00891. The van der Waals surface area contributed by atoms with E-state index in [0.29, 0.717) is 25.6 Å². The third-order valence-corrected chi connectivity index (χ3v) is 3.70. The van der Waals surface area contributed by atoms with Gasteiger partial charge in [0.05, 0.1) is 19.7 Å². The molecule has 1 aliphatic rings. The normalized spacial score (nSPS) is 14.0. The number of aromatic nitrogens is 1. The fourth-order valence-corrected chi connectivity index (χ4v) is 2.44. The van der Waals surface area contributed by atoms with Gasteiger partial charge in [-0.25, -0.2) is 9.78 Å². The van der Waals surface area contributed by atoms with E-state index in [1.807, 2.05) is 56.3 Å². The number of nitrogens with one attached hydrogen (secondary N) is 1. The molecular weight excluding hydrogens is 306 g/mol. The smallest absolute Gasteiger partial charge is 0.322 e. The Morgan fingerprint density at radius 2 is 2.00 bits per heavy atom. The molecule has 0 saturated carbocycles. The molecule has 0 spiro atoms. The van der Waals surface area contributed by atoms with E-state index in [1.54, 1.807) is 4.90 Å². The number of hydrogen-bond donors (Lipinski definition) is 1. The second kappa shape index (κ2) is 7.21. The predicted molar refractivity (Wildman–Crippen MR) is 91.6 cm³/mol. The number of hydrogen-bond acceptors (Lipinski definition) is 4. The van der Waals surface area contributed by atoms with E-state index >= 15 is 0 Å². The lowest BCUT2D eigenvalue weighted by atomic mass is 10.2. The summed E-state index contributed by atoms with van der Waals surface area (Å²) in [4.78, 5) is 18.2. The predicted octanol–water partition coefficient (Wildman–Crippen LogP) is 3.08. The molecule has 1 aliphatic heterocycles. The highest BCUT2D eigenvalue weighted by molar-refractivity contribution is 5.90. The second-order valence-electron chi connectivity index (χ2n) is 5.65. The van der Waals surface area contributed by atoms with Crippen LogP contribution in [0.5, 0.6) is 11.6 Å². The molecule has 126 valence electrons. The van der Waals surface area contributed by atoms with Gasteiger partial charge in [0.25, 0.3) is 0 Å². The SMILES string of the molecule is CCOc1ccc(NC(=O)N2CC(Oc3cccc(C)n3)C2)cc1. The number of nitrogens with zero attached hydrogens (tertiary/aromatic N) is 2. The average molecular weight is 327 g/mol. The molecule has 2 amide bonds. The van der Waals surface area contributed by atoms with Gasteiger partial charge >= 0.3 is 6.03 Å². The third kappa shape index (κ3) is 3.95. The minimum Gasteiger partial charge on any atom is -0.494 e. The maximum atomic E-state index is 12.2. The van der Waals surface area contributed by atoms with Crippen LogP contribution in [0.2, 0.25) is 0 Å². The van der Waals surface area contributed by atoms with Gasteiger partial charge in [-0.1, -0.05) is 6.07 Å². The van der Waals surface area contributed by atoms with Crippen molar-refractivity contribution in [2.75, 3.05) is 25.0 Å². The number of benzene rings is 1. The van der Waals surface area contributed by atoms with Crippen LogP contribution in [0.15, 0.2) is 42.5 Å². The van der Waals surface area contributed by atoms with Crippen LogP contribution in [0.1, 0.15) is 12.6 Å². The van der Waals surface area contributed by atoms with Gasteiger partial charge in [0.15, 0.2) is 0 Å². The molecule has 0 unspecified atom stereocenters. The number of likely N-dealkylation sites (tertiary alicyclic amines) is 1. The Balaban J connectivity index is 1.46. The summed E-state index contributed by atoms with van der Waals surface area (Å²) >= 11 is 0. The standard InChI is InChI=1S/C18H21N3O3/c1-3-23-15-9-7-14(8-10-15)20-18(22)21-11-16(12-21)24-17-6-4-5-13(2)19-17/h4-10,16H,3,11-12H2,1-2H3,(H,20,22). The van der Waals surface area contributed by atoms with Gasteiger partial charge in [-0.3, -0.25) is 0 Å². The quantitative estimate of drug-likeness (QED) is 0.916. The molecule has 3 rings (SSSR count). The van der Waals surface area contributed by atoms with Gasteiger partial charge in [0, 0.05) is 17.4 Å². The fourth-order valence-electron chi connectivity index (χ4n) is 2.44. The average Bonchev–Trinajstić information content (AvgIpc) is 2.52. The Hall–Kier alpha value is -2.76. The Kier molecular flexibility index (Phi) is 4.84. The molecule has 0 atom stereocenters. The van der Waals surface area contributed by atoms with Crippen LogP contribution < -0.4 is 14.8 Å². The van der Waals surface area contributed by atoms with Gasteiger partial charge in [0.1, 0.15) is 11.9 Å².